The highest BCUT2D eigenvalue weighted by Crippen LogP contribution is 2.34. The molecule has 0 spiro atoms. The van der Waals surface area contributed by atoms with E-state index in [4.69, 9.17) is 9.47 Å². The Morgan fingerprint density at radius 2 is 2.30 bits per heavy atom. The predicted octanol–water partition coefficient (Wildman–Crippen LogP) is 1.88. The summed E-state index contributed by atoms with van der Waals surface area (Å²) in [5.41, 5.74) is 2.29. The highest BCUT2D eigenvalue weighted by Gasteiger charge is 2.21. The molecule has 20 heavy (non-hydrogen) atoms. The summed E-state index contributed by atoms with van der Waals surface area (Å²) in [6, 6.07) is 4.33. The fraction of sp³-hybridized carbons (Fsp3) is 0.600. The van der Waals surface area contributed by atoms with Gasteiger partial charge in [0.05, 0.1) is 7.11 Å². The van der Waals surface area contributed by atoms with Crippen molar-refractivity contribution in [1.29, 1.82) is 0 Å². The van der Waals surface area contributed by atoms with Gasteiger partial charge in [0, 0.05) is 52.9 Å². The standard InChI is InChI=1S/C15H23NO3S/c1-10(9-20(4)17)16-8-13-7-15-12(5-11(2)19-15)6-14(13)18-3/h6-7,10-11,16H,5,8-9H2,1-4H3. The van der Waals surface area contributed by atoms with Crippen molar-refractivity contribution in [3.05, 3.63) is 23.3 Å². The molecule has 1 N–H and O–H groups in total. The largest absolute Gasteiger partial charge is 0.496 e. The van der Waals surface area contributed by atoms with E-state index in [-0.39, 0.29) is 12.1 Å². The second-order valence-corrected chi connectivity index (χ2v) is 6.91. The number of hydrogen-bond acceptors (Lipinski definition) is 4. The van der Waals surface area contributed by atoms with Crippen molar-refractivity contribution in [3.8, 4) is 11.5 Å². The summed E-state index contributed by atoms with van der Waals surface area (Å²) in [6.45, 7) is 4.80. The molecule has 0 aromatic heterocycles. The minimum absolute atomic E-state index is 0.207. The average Bonchev–Trinajstić information content (AvgIpc) is 2.73. The van der Waals surface area contributed by atoms with Gasteiger partial charge in [0.1, 0.15) is 17.6 Å². The summed E-state index contributed by atoms with van der Waals surface area (Å²) in [4.78, 5) is 0. The summed E-state index contributed by atoms with van der Waals surface area (Å²) in [5.74, 6) is 2.50. The van der Waals surface area contributed by atoms with Crippen molar-refractivity contribution in [2.75, 3.05) is 19.1 Å². The normalized spacial score (nSPS) is 20.1. The van der Waals surface area contributed by atoms with Crippen LogP contribution in [0, 0.1) is 0 Å². The molecule has 0 aliphatic carbocycles. The van der Waals surface area contributed by atoms with Crippen LogP contribution in [0.4, 0.5) is 0 Å². The molecule has 1 aliphatic rings. The summed E-state index contributed by atoms with van der Waals surface area (Å²) in [5, 5.41) is 3.38. The van der Waals surface area contributed by atoms with Gasteiger partial charge in [-0.15, -0.1) is 0 Å². The number of ether oxygens (including phenoxy) is 2. The van der Waals surface area contributed by atoms with Crippen molar-refractivity contribution in [2.24, 2.45) is 0 Å². The van der Waals surface area contributed by atoms with Gasteiger partial charge in [0.15, 0.2) is 0 Å². The molecule has 1 heterocycles. The summed E-state index contributed by atoms with van der Waals surface area (Å²) < 4.78 is 22.5. The zero-order valence-electron chi connectivity index (χ0n) is 12.6. The maximum atomic E-state index is 11.2. The van der Waals surface area contributed by atoms with Crippen LogP contribution < -0.4 is 14.8 Å². The maximum absolute atomic E-state index is 11.2. The number of rotatable bonds is 6. The molecule has 4 nitrogen and oxygen atoms in total. The van der Waals surface area contributed by atoms with Crippen LogP contribution in [-0.4, -0.2) is 35.5 Å². The zero-order valence-corrected chi connectivity index (χ0v) is 13.4. The molecule has 0 amide bonds. The number of fused-ring (bicyclic) bond motifs is 1. The van der Waals surface area contributed by atoms with Gasteiger partial charge in [-0.1, -0.05) is 0 Å². The van der Waals surface area contributed by atoms with Crippen LogP contribution in [0.1, 0.15) is 25.0 Å². The number of methoxy groups -OCH3 is 1. The number of hydrogen-bond donors (Lipinski definition) is 1. The van der Waals surface area contributed by atoms with Gasteiger partial charge >= 0.3 is 0 Å². The molecule has 0 saturated carbocycles. The van der Waals surface area contributed by atoms with Gasteiger partial charge in [-0.2, -0.15) is 0 Å². The molecule has 1 aliphatic heterocycles. The molecule has 0 bridgehead atoms. The van der Waals surface area contributed by atoms with Crippen molar-refractivity contribution in [1.82, 2.24) is 5.32 Å². The maximum Gasteiger partial charge on any atom is 0.123 e. The molecule has 2 rings (SSSR count). The Balaban J connectivity index is 2.08. The topological polar surface area (TPSA) is 47.6 Å². The van der Waals surface area contributed by atoms with E-state index in [0.717, 1.165) is 23.5 Å². The van der Waals surface area contributed by atoms with E-state index < -0.39 is 10.8 Å². The summed E-state index contributed by atoms with van der Waals surface area (Å²) in [6.07, 6.45) is 2.90. The van der Waals surface area contributed by atoms with Gasteiger partial charge in [-0.3, -0.25) is 4.21 Å². The monoisotopic (exact) mass is 297 g/mol. The van der Waals surface area contributed by atoms with Crippen LogP contribution >= 0.6 is 0 Å². The van der Waals surface area contributed by atoms with E-state index in [9.17, 15) is 4.21 Å². The van der Waals surface area contributed by atoms with Crippen LogP contribution in [0.15, 0.2) is 12.1 Å². The average molecular weight is 297 g/mol. The van der Waals surface area contributed by atoms with E-state index in [1.165, 1.54) is 5.56 Å². The smallest absolute Gasteiger partial charge is 0.123 e. The van der Waals surface area contributed by atoms with Gasteiger partial charge < -0.3 is 14.8 Å². The molecule has 1 aromatic carbocycles. The van der Waals surface area contributed by atoms with Crippen LogP contribution in [0.25, 0.3) is 0 Å². The molecule has 3 unspecified atom stereocenters. The van der Waals surface area contributed by atoms with Crippen LogP contribution in [0.5, 0.6) is 11.5 Å². The van der Waals surface area contributed by atoms with Crippen LogP contribution in [0.3, 0.4) is 0 Å². The Morgan fingerprint density at radius 1 is 1.55 bits per heavy atom. The van der Waals surface area contributed by atoms with E-state index in [0.29, 0.717) is 12.3 Å². The lowest BCUT2D eigenvalue weighted by Crippen LogP contribution is -2.30. The molecular weight excluding hydrogens is 274 g/mol. The van der Waals surface area contributed by atoms with E-state index in [2.05, 4.69) is 24.4 Å². The first-order valence-corrected chi connectivity index (χ1v) is 8.62. The minimum atomic E-state index is -0.784. The van der Waals surface area contributed by atoms with Gasteiger partial charge in [0.2, 0.25) is 0 Å². The lowest BCUT2D eigenvalue weighted by atomic mass is 10.1. The Kier molecular flexibility index (Phi) is 5.05. The first-order valence-electron chi connectivity index (χ1n) is 6.89. The summed E-state index contributed by atoms with van der Waals surface area (Å²) >= 11 is 0. The molecule has 0 saturated heterocycles. The third-order valence-corrected chi connectivity index (χ3v) is 4.39. The van der Waals surface area contributed by atoms with Crippen molar-refractivity contribution in [3.63, 3.8) is 0 Å². The SMILES string of the molecule is COc1cc2c(cc1CNC(C)CS(C)=O)OC(C)C2. The molecular formula is C15H23NO3S. The Hall–Kier alpha value is -1.07. The number of benzene rings is 1. The Bertz CT molecular complexity index is 504. The molecule has 0 fully saturated rings. The van der Waals surface area contributed by atoms with E-state index >= 15 is 0 Å². The molecule has 1 aromatic rings. The predicted molar refractivity (Wildman–Crippen MR) is 82.0 cm³/mol. The summed E-state index contributed by atoms with van der Waals surface area (Å²) in [7, 11) is 0.906. The number of nitrogens with one attached hydrogen (secondary N) is 1. The fourth-order valence-electron chi connectivity index (χ4n) is 2.50. The van der Waals surface area contributed by atoms with E-state index in [1.807, 2.05) is 6.92 Å². The highest BCUT2D eigenvalue weighted by atomic mass is 32.2. The van der Waals surface area contributed by atoms with Gasteiger partial charge in [-0.05, 0) is 26.0 Å². The lowest BCUT2D eigenvalue weighted by Gasteiger charge is -2.15. The van der Waals surface area contributed by atoms with Crippen molar-refractivity contribution >= 4 is 10.8 Å². The van der Waals surface area contributed by atoms with Gasteiger partial charge in [-0.25, -0.2) is 0 Å². The van der Waals surface area contributed by atoms with Crippen molar-refractivity contribution in [2.45, 2.75) is 39.0 Å². The molecule has 112 valence electrons. The minimum Gasteiger partial charge on any atom is -0.496 e. The molecule has 0 radical (unpaired) electrons. The molecule has 3 atom stereocenters. The lowest BCUT2D eigenvalue weighted by molar-refractivity contribution is 0.254. The third-order valence-electron chi connectivity index (χ3n) is 3.42. The molecule has 5 heteroatoms. The van der Waals surface area contributed by atoms with Crippen molar-refractivity contribution < 1.29 is 13.7 Å². The Labute approximate surface area is 123 Å². The highest BCUT2D eigenvalue weighted by molar-refractivity contribution is 7.84. The Morgan fingerprint density at radius 3 is 2.95 bits per heavy atom. The van der Waals surface area contributed by atoms with E-state index in [1.54, 1.807) is 13.4 Å². The first kappa shape index (κ1) is 15.3. The second kappa shape index (κ2) is 6.59. The van der Waals surface area contributed by atoms with Crippen LogP contribution in [0.2, 0.25) is 0 Å². The second-order valence-electron chi connectivity index (χ2n) is 5.43. The van der Waals surface area contributed by atoms with Gasteiger partial charge in [0.25, 0.3) is 0 Å². The third kappa shape index (κ3) is 3.73. The quantitative estimate of drug-likeness (QED) is 0.871. The zero-order chi connectivity index (χ0) is 14.7. The van der Waals surface area contributed by atoms with Crippen LogP contribution in [-0.2, 0) is 23.8 Å². The fourth-order valence-corrected chi connectivity index (χ4v) is 3.33. The first-order chi connectivity index (χ1) is 9.49.